The fourth-order valence-corrected chi connectivity index (χ4v) is 4.67. The van der Waals surface area contributed by atoms with Crippen LogP contribution in [0.15, 0.2) is 66.1 Å². The molecule has 0 amide bonds. The third kappa shape index (κ3) is 4.50. The summed E-state index contributed by atoms with van der Waals surface area (Å²) >= 11 is 1.44. The summed E-state index contributed by atoms with van der Waals surface area (Å²) < 4.78 is 2.07. The Bertz CT molecular complexity index is 1220. The number of hydrogen-bond donors (Lipinski definition) is 0. The first-order valence-corrected chi connectivity index (χ1v) is 11.5. The van der Waals surface area contributed by atoms with Crippen LogP contribution < -0.4 is 0 Å². The van der Waals surface area contributed by atoms with Crippen LogP contribution in [0.1, 0.15) is 38.2 Å². The van der Waals surface area contributed by atoms with Crippen LogP contribution in [-0.4, -0.2) is 31.3 Å². The number of thioether (sulfide) groups is 1. The quantitative estimate of drug-likeness (QED) is 0.275. The first-order valence-electron chi connectivity index (χ1n) is 10.6. The van der Waals surface area contributed by atoms with E-state index in [1.54, 1.807) is 12.4 Å². The van der Waals surface area contributed by atoms with E-state index in [1.807, 2.05) is 44.2 Å². The van der Waals surface area contributed by atoms with Crippen molar-refractivity contribution in [3.63, 3.8) is 0 Å². The molecule has 0 aliphatic heterocycles. The van der Waals surface area contributed by atoms with E-state index in [2.05, 4.69) is 51.8 Å². The van der Waals surface area contributed by atoms with Crippen molar-refractivity contribution in [3.8, 4) is 11.4 Å². The molecule has 0 unspecified atom stereocenters. The number of benzene rings is 2. The molecule has 0 fully saturated rings. The summed E-state index contributed by atoms with van der Waals surface area (Å²) in [5, 5.41) is 9.62. The first kappa shape index (κ1) is 22.0. The number of carbonyl (C=O) groups excluding carboxylic acids is 1. The first-order chi connectivity index (χ1) is 15.5. The molecule has 2 heterocycles. The fourth-order valence-electron chi connectivity index (χ4n) is 3.86. The Morgan fingerprint density at radius 2 is 1.56 bits per heavy atom. The molecule has 0 aliphatic carbocycles. The van der Waals surface area contributed by atoms with E-state index in [-0.39, 0.29) is 5.78 Å². The molecule has 0 saturated heterocycles. The van der Waals surface area contributed by atoms with Gasteiger partial charge in [-0.15, -0.1) is 10.2 Å². The lowest BCUT2D eigenvalue weighted by molar-refractivity contribution is 0.102. The van der Waals surface area contributed by atoms with Crippen LogP contribution >= 0.6 is 11.8 Å². The van der Waals surface area contributed by atoms with E-state index in [9.17, 15) is 4.79 Å². The number of carbonyl (C=O) groups is 1. The van der Waals surface area contributed by atoms with Crippen molar-refractivity contribution in [1.29, 1.82) is 0 Å². The van der Waals surface area contributed by atoms with Gasteiger partial charge in [-0.1, -0.05) is 48.2 Å². The minimum absolute atomic E-state index is 0.122. The Morgan fingerprint density at radius 1 is 0.906 bits per heavy atom. The molecule has 2 aromatic carbocycles. The summed E-state index contributed by atoms with van der Waals surface area (Å²) in [6.45, 7) is 8.80. The van der Waals surface area contributed by atoms with Crippen molar-refractivity contribution < 1.29 is 4.79 Å². The predicted molar refractivity (Wildman–Crippen MR) is 129 cm³/mol. The highest BCUT2D eigenvalue weighted by Gasteiger charge is 2.19. The summed E-state index contributed by atoms with van der Waals surface area (Å²) in [4.78, 5) is 17.3. The third-order valence-electron chi connectivity index (χ3n) is 5.82. The minimum atomic E-state index is 0.122. The Hall–Kier alpha value is -3.25. The van der Waals surface area contributed by atoms with Gasteiger partial charge in [-0.3, -0.25) is 14.3 Å². The molecule has 2 aromatic heterocycles. The molecule has 0 atom stereocenters. The molecule has 0 aliphatic rings. The summed E-state index contributed by atoms with van der Waals surface area (Å²) in [7, 11) is 0. The minimum Gasteiger partial charge on any atom is -0.298 e. The van der Waals surface area contributed by atoms with Crippen molar-refractivity contribution >= 4 is 17.5 Å². The number of nitrogens with zero attached hydrogens (tertiary/aromatic N) is 4. The largest absolute Gasteiger partial charge is 0.298 e. The SMILES string of the molecule is Cc1cc(C)c(C)c(C(=O)CSc2nnc(-c3ccncc3)n2Cc2ccccc2)c1C. The number of Topliss-reactive ketones (excluding diaryl/α,β-unsaturated/α-hetero) is 1. The van der Waals surface area contributed by atoms with Gasteiger partial charge in [-0.25, -0.2) is 0 Å². The van der Waals surface area contributed by atoms with Gasteiger partial charge < -0.3 is 0 Å². The molecule has 0 N–H and O–H groups in total. The Balaban J connectivity index is 1.64. The van der Waals surface area contributed by atoms with Crippen LogP contribution in [0, 0.1) is 27.7 Å². The van der Waals surface area contributed by atoms with Crippen LogP contribution in [0.5, 0.6) is 0 Å². The number of hydrogen-bond acceptors (Lipinski definition) is 5. The van der Waals surface area contributed by atoms with Crippen LogP contribution in [-0.2, 0) is 6.54 Å². The zero-order chi connectivity index (χ0) is 22.7. The van der Waals surface area contributed by atoms with Crippen molar-refractivity contribution in [2.75, 3.05) is 5.75 Å². The highest BCUT2D eigenvalue weighted by atomic mass is 32.2. The average molecular weight is 443 g/mol. The second-order valence-corrected chi connectivity index (χ2v) is 8.90. The summed E-state index contributed by atoms with van der Waals surface area (Å²) in [5.41, 5.74) is 7.34. The van der Waals surface area contributed by atoms with Gasteiger partial charge in [0.1, 0.15) is 0 Å². The zero-order valence-electron chi connectivity index (χ0n) is 18.8. The molecule has 5 nitrogen and oxygen atoms in total. The molecule has 0 saturated carbocycles. The smallest absolute Gasteiger partial charge is 0.192 e. The standard InChI is InChI=1S/C26H26N4OS/c1-17-14-18(2)20(4)24(19(17)3)23(31)16-32-26-29-28-25(22-10-12-27-13-11-22)30(26)15-21-8-6-5-7-9-21/h5-14H,15-16H2,1-4H3. The molecule has 32 heavy (non-hydrogen) atoms. The molecular weight excluding hydrogens is 416 g/mol. The highest BCUT2D eigenvalue weighted by Crippen LogP contribution is 2.28. The van der Waals surface area contributed by atoms with Crippen molar-refractivity contribution in [3.05, 3.63) is 94.3 Å². The number of ketones is 1. The Labute approximate surface area is 192 Å². The summed E-state index contributed by atoms with van der Waals surface area (Å²) in [5.74, 6) is 1.20. The van der Waals surface area contributed by atoms with Crippen LogP contribution in [0.4, 0.5) is 0 Å². The highest BCUT2D eigenvalue weighted by molar-refractivity contribution is 7.99. The lowest BCUT2D eigenvalue weighted by atomic mass is 9.92. The van der Waals surface area contributed by atoms with Crippen LogP contribution in [0.3, 0.4) is 0 Å². The number of aromatic nitrogens is 4. The normalized spacial score (nSPS) is 11.0. The molecule has 0 bridgehead atoms. The van der Waals surface area contributed by atoms with Crippen LogP contribution in [0.25, 0.3) is 11.4 Å². The molecular formula is C26H26N4OS. The molecule has 4 rings (SSSR count). The molecule has 0 spiro atoms. The second-order valence-electron chi connectivity index (χ2n) is 7.96. The van der Waals surface area contributed by atoms with Gasteiger partial charge in [0.2, 0.25) is 0 Å². The van der Waals surface area contributed by atoms with E-state index < -0.39 is 0 Å². The summed E-state index contributed by atoms with van der Waals surface area (Å²) in [6.07, 6.45) is 3.50. The predicted octanol–water partition coefficient (Wildman–Crippen LogP) is 5.60. The Kier molecular flexibility index (Phi) is 6.51. The van der Waals surface area contributed by atoms with Crippen molar-refractivity contribution in [2.45, 2.75) is 39.4 Å². The zero-order valence-corrected chi connectivity index (χ0v) is 19.6. The average Bonchev–Trinajstić information content (AvgIpc) is 3.20. The number of pyridine rings is 1. The number of rotatable bonds is 7. The second kappa shape index (κ2) is 9.49. The maximum atomic E-state index is 13.2. The van der Waals surface area contributed by atoms with E-state index in [0.29, 0.717) is 12.3 Å². The number of aryl methyl sites for hydroxylation is 2. The lowest BCUT2D eigenvalue weighted by Crippen LogP contribution is -2.11. The van der Waals surface area contributed by atoms with E-state index >= 15 is 0 Å². The molecule has 6 heteroatoms. The van der Waals surface area contributed by atoms with Crippen LogP contribution in [0.2, 0.25) is 0 Å². The molecule has 0 radical (unpaired) electrons. The van der Waals surface area contributed by atoms with Crippen molar-refractivity contribution in [1.82, 2.24) is 19.7 Å². The summed E-state index contributed by atoms with van der Waals surface area (Å²) in [6, 6.07) is 16.2. The lowest BCUT2D eigenvalue weighted by Gasteiger charge is -2.14. The molecule has 4 aromatic rings. The van der Waals surface area contributed by atoms with E-state index in [0.717, 1.165) is 49.9 Å². The van der Waals surface area contributed by atoms with E-state index in [1.165, 1.54) is 11.8 Å². The van der Waals surface area contributed by atoms with Gasteiger partial charge in [0.05, 0.1) is 12.3 Å². The van der Waals surface area contributed by atoms with Gasteiger partial charge in [-0.2, -0.15) is 0 Å². The van der Waals surface area contributed by atoms with Gasteiger partial charge >= 0.3 is 0 Å². The van der Waals surface area contributed by atoms with Gasteiger partial charge in [0, 0.05) is 23.5 Å². The monoisotopic (exact) mass is 442 g/mol. The maximum absolute atomic E-state index is 13.2. The van der Waals surface area contributed by atoms with Gasteiger partial charge in [0.25, 0.3) is 0 Å². The van der Waals surface area contributed by atoms with E-state index in [4.69, 9.17) is 0 Å². The van der Waals surface area contributed by atoms with Gasteiger partial charge in [-0.05, 0) is 67.6 Å². The van der Waals surface area contributed by atoms with Crippen molar-refractivity contribution in [2.24, 2.45) is 0 Å². The van der Waals surface area contributed by atoms with Gasteiger partial charge in [0.15, 0.2) is 16.8 Å². The third-order valence-corrected chi connectivity index (χ3v) is 6.78. The topological polar surface area (TPSA) is 60.7 Å². The fraction of sp³-hybridized carbons (Fsp3) is 0.231. The maximum Gasteiger partial charge on any atom is 0.192 e. The Morgan fingerprint density at radius 3 is 2.22 bits per heavy atom. The molecule has 162 valence electrons.